The zero-order valence-electron chi connectivity index (χ0n) is 4.15. The van der Waals surface area contributed by atoms with Crippen molar-refractivity contribution in [2.75, 3.05) is 14.2 Å². The molecule has 0 bridgehead atoms. The molecule has 0 radical (unpaired) electrons. The van der Waals surface area contributed by atoms with Gasteiger partial charge in [0.1, 0.15) is 0 Å². The van der Waals surface area contributed by atoms with E-state index >= 15 is 0 Å². The molecule has 0 saturated carbocycles. The van der Waals surface area contributed by atoms with Crippen LogP contribution in [0, 0.1) is 0 Å². The first kappa shape index (κ1) is 15.6. The second-order valence-electron chi connectivity index (χ2n) is 0.0714. The molecule has 0 aliphatic rings. The Hall–Kier alpha value is 0.663. The summed E-state index contributed by atoms with van der Waals surface area (Å²) in [6, 6.07) is 0. The van der Waals surface area contributed by atoms with Gasteiger partial charge in [0, 0.05) is 14.2 Å². The first-order valence-corrected chi connectivity index (χ1v) is 3.13. The molecule has 0 aliphatic carbocycles. The van der Waals surface area contributed by atoms with Gasteiger partial charge in [0.05, 0.1) is 0 Å². The molecular weight excluding hydrogens is 185 g/mol. The molecule has 2 nitrogen and oxygen atoms in total. The van der Waals surface area contributed by atoms with Crippen LogP contribution in [0.5, 0.6) is 0 Å². The van der Waals surface area contributed by atoms with Gasteiger partial charge in [-0.1, -0.05) is 0 Å². The average Bonchev–Trinajstić information content (AvgIpc) is 1.78. The molecule has 0 amide bonds. The summed E-state index contributed by atoms with van der Waals surface area (Å²) in [6.45, 7) is 0. The Bertz CT molecular complexity index is 13.7. The number of aliphatic hydroxyl groups is 2. The van der Waals surface area contributed by atoms with Crippen LogP contribution >= 0.6 is 0 Å². The normalized spacial score (nSPS) is 3.71. The zero-order chi connectivity index (χ0) is 6.71. The Morgan fingerprint density at radius 3 is 1.00 bits per heavy atom. The van der Waals surface area contributed by atoms with Gasteiger partial charge in [0.25, 0.3) is 0 Å². The SMILES string of the molecule is CO.CO.[F][Zr][F]. The second-order valence-corrected chi connectivity index (χ2v) is 0.423. The van der Waals surface area contributed by atoms with E-state index in [4.69, 9.17) is 10.2 Å². The number of halogens is 2. The molecular formula is C2H8F2O2Zr. The first-order valence-electron chi connectivity index (χ1n) is 1.27. The monoisotopic (exact) mass is 192 g/mol. The summed E-state index contributed by atoms with van der Waals surface area (Å²) in [5, 5.41) is 14.0. The predicted octanol–water partition coefficient (Wildman–Crippen LogP) is 0.0549. The fourth-order valence-corrected chi connectivity index (χ4v) is 0. The van der Waals surface area contributed by atoms with E-state index in [2.05, 4.69) is 0 Å². The van der Waals surface area contributed by atoms with Gasteiger partial charge in [0.15, 0.2) is 0 Å². The van der Waals surface area contributed by atoms with Crippen LogP contribution in [-0.4, -0.2) is 24.4 Å². The van der Waals surface area contributed by atoms with Crippen LogP contribution in [0.3, 0.4) is 0 Å². The third-order valence-electron chi connectivity index (χ3n) is 0. The summed E-state index contributed by atoms with van der Waals surface area (Å²) in [6.07, 6.45) is 0. The molecule has 7 heavy (non-hydrogen) atoms. The maximum atomic E-state index is 9.80. The van der Waals surface area contributed by atoms with E-state index in [-0.39, 0.29) is 0 Å². The summed E-state index contributed by atoms with van der Waals surface area (Å²) < 4.78 is 19.6. The summed E-state index contributed by atoms with van der Waals surface area (Å²) in [4.78, 5) is 0. The molecule has 5 heteroatoms. The zero-order valence-corrected chi connectivity index (χ0v) is 6.61. The summed E-state index contributed by atoms with van der Waals surface area (Å²) in [7, 11) is 2.00. The van der Waals surface area contributed by atoms with Gasteiger partial charge in [-0.15, -0.1) is 0 Å². The Morgan fingerprint density at radius 1 is 1.00 bits per heavy atom. The van der Waals surface area contributed by atoms with Crippen molar-refractivity contribution in [3.63, 3.8) is 0 Å². The van der Waals surface area contributed by atoms with Crippen LogP contribution in [0.2, 0.25) is 0 Å². The number of aliphatic hydroxyl groups excluding tert-OH is 2. The van der Waals surface area contributed by atoms with Crippen molar-refractivity contribution in [3.05, 3.63) is 0 Å². The quantitative estimate of drug-likeness (QED) is 0.571. The Labute approximate surface area is 54.5 Å². The third-order valence-corrected chi connectivity index (χ3v) is 0. The first-order chi connectivity index (χ1) is 3.41. The van der Waals surface area contributed by atoms with Crippen LogP contribution in [0.1, 0.15) is 0 Å². The van der Waals surface area contributed by atoms with Gasteiger partial charge in [-0.25, -0.2) is 0 Å². The van der Waals surface area contributed by atoms with Crippen molar-refractivity contribution in [1.82, 2.24) is 0 Å². The fourth-order valence-electron chi connectivity index (χ4n) is 0. The van der Waals surface area contributed by atoms with Crippen molar-refractivity contribution in [3.8, 4) is 0 Å². The standard InChI is InChI=1S/2CH4O.2FH.Zr/c2*1-2;;;/h2*2H,1H3;2*1H;/q;;;;+2/p-2. The number of rotatable bonds is 0. The van der Waals surface area contributed by atoms with Gasteiger partial charge in [-0.2, -0.15) is 0 Å². The van der Waals surface area contributed by atoms with Crippen LogP contribution in [0.25, 0.3) is 0 Å². The maximum absolute atomic E-state index is 9.80. The van der Waals surface area contributed by atoms with Gasteiger partial charge in [-0.05, 0) is 0 Å². The molecule has 0 atom stereocenters. The van der Waals surface area contributed by atoms with Crippen LogP contribution < -0.4 is 0 Å². The molecule has 2 N–H and O–H groups in total. The molecule has 46 valence electrons. The predicted molar refractivity (Wildman–Crippen MR) is 18.5 cm³/mol. The third kappa shape index (κ3) is 329. The topological polar surface area (TPSA) is 40.5 Å². The Morgan fingerprint density at radius 2 is 1.00 bits per heavy atom. The van der Waals surface area contributed by atoms with E-state index in [1.54, 1.807) is 0 Å². The Balaban J connectivity index is -0.0000000360. The van der Waals surface area contributed by atoms with Crippen molar-refractivity contribution >= 4 is 0 Å². The Kier molecular flexibility index (Phi) is 173. The average molecular weight is 193 g/mol. The molecule has 0 aromatic carbocycles. The van der Waals surface area contributed by atoms with E-state index in [1.807, 2.05) is 0 Å². The number of hydrogen-bond acceptors (Lipinski definition) is 2. The van der Waals surface area contributed by atoms with Crippen molar-refractivity contribution < 1.29 is 39.9 Å². The van der Waals surface area contributed by atoms with E-state index in [9.17, 15) is 5.25 Å². The molecule has 0 fully saturated rings. The van der Waals surface area contributed by atoms with E-state index in [0.29, 0.717) is 0 Å². The van der Waals surface area contributed by atoms with Crippen LogP contribution in [0.15, 0.2) is 0 Å². The van der Waals surface area contributed by atoms with Gasteiger partial charge >= 0.3 is 29.7 Å². The minimum atomic E-state index is -2.77. The molecule has 0 aliphatic heterocycles. The fraction of sp³-hybridized carbons (Fsp3) is 1.00. The molecule has 0 spiro atoms. The van der Waals surface area contributed by atoms with Crippen LogP contribution in [-0.2, 0) is 24.5 Å². The van der Waals surface area contributed by atoms with E-state index < -0.39 is 24.5 Å². The van der Waals surface area contributed by atoms with Gasteiger partial charge < -0.3 is 10.2 Å². The van der Waals surface area contributed by atoms with Gasteiger partial charge in [-0.3, -0.25) is 0 Å². The molecule has 0 aromatic rings. The molecule has 0 saturated heterocycles. The number of hydrogen-bond donors (Lipinski definition) is 2. The summed E-state index contributed by atoms with van der Waals surface area (Å²) in [5.41, 5.74) is 0. The molecule has 0 unspecified atom stereocenters. The van der Waals surface area contributed by atoms with Crippen molar-refractivity contribution in [2.45, 2.75) is 0 Å². The molecule has 0 aromatic heterocycles. The second kappa shape index (κ2) is 77.3. The van der Waals surface area contributed by atoms with E-state index in [1.165, 1.54) is 0 Å². The molecule has 0 rings (SSSR count). The van der Waals surface area contributed by atoms with E-state index in [0.717, 1.165) is 14.2 Å². The van der Waals surface area contributed by atoms with Crippen molar-refractivity contribution in [2.24, 2.45) is 0 Å². The summed E-state index contributed by atoms with van der Waals surface area (Å²) in [5.74, 6) is 0. The van der Waals surface area contributed by atoms with Gasteiger partial charge in [0.2, 0.25) is 0 Å². The van der Waals surface area contributed by atoms with Crippen LogP contribution in [0.4, 0.5) is 5.25 Å². The van der Waals surface area contributed by atoms with Crippen molar-refractivity contribution in [1.29, 1.82) is 0 Å². The molecule has 0 heterocycles. The summed E-state index contributed by atoms with van der Waals surface area (Å²) >= 11 is -2.77. The minimum absolute atomic E-state index is 1.00.